The molecular formula is C30H30N8O3. The number of hydrogen-bond donors (Lipinski definition) is 0. The van der Waals surface area contributed by atoms with Crippen molar-refractivity contribution in [1.82, 2.24) is 29.0 Å². The third-order valence-corrected chi connectivity index (χ3v) is 9.29. The summed E-state index contributed by atoms with van der Waals surface area (Å²) >= 11 is 0. The van der Waals surface area contributed by atoms with Crippen molar-refractivity contribution in [2.75, 3.05) is 37.8 Å². The van der Waals surface area contributed by atoms with E-state index < -0.39 is 0 Å². The molecule has 1 aliphatic carbocycles. The van der Waals surface area contributed by atoms with Crippen LogP contribution >= 0.6 is 0 Å². The summed E-state index contributed by atoms with van der Waals surface area (Å²) < 4.78 is 15.2. The topological polar surface area (TPSA) is 114 Å². The number of imidazole rings is 1. The van der Waals surface area contributed by atoms with Gasteiger partial charge in [-0.1, -0.05) is 0 Å². The molecular weight excluding hydrogens is 520 g/mol. The molecule has 4 saturated heterocycles. The number of aryl methyl sites for hydroxylation is 1. The molecule has 8 heterocycles. The monoisotopic (exact) mass is 550 g/mol. The van der Waals surface area contributed by atoms with Crippen LogP contribution in [-0.4, -0.2) is 80.0 Å². The van der Waals surface area contributed by atoms with Gasteiger partial charge in [-0.15, -0.1) is 0 Å². The van der Waals surface area contributed by atoms with Crippen LogP contribution < -0.4 is 9.64 Å². The van der Waals surface area contributed by atoms with Crippen molar-refractivity contribution in [3.8, 4) is 22.9 Å². The zero-order chi connectivity index (χ0) is 27.7. The molecule has 4 aliphatic heterocycles. The lowest BCUT2D eigenvalue weighted by molar-refractivity contribution is 0.00528. The number of hydrogen-bond acceptors (Lipinski definition) is 8. The Hall–Kier alpha value is -4.43. The molecule has 0 radical (unpaired) electrons. The van der Waals surface area contributed by atoms with Gasteiger partial charge in [-0.2, -0.15) is 10.4 Å². The first-order chi connectivity index (χ1) is 20.1. The summed E-state index contributed by atoms with van der Waals surface area (Å²) in [6, 6.07) is 8.63. The molecule has 5 fully saturated rings. The Labute approximate surface area is 236 Å². The van der Waals surface area contributed by atoms with Crippen LogP contribution in [0.2, 0.25) is 0 Å². The largest absolute Gasteiger partial charge is 0.492 e. The number of piperidine rings is 1. The maximum absolute atomic E-state index is 13.0. The van der Waals surface area contributed by atoms with Gasteiger partial charge in [0, 0.05) is 43.7 Å². The molecule has 208 valence electrons. The molecule has 0 spiro atoms. The number of ether oxygens (including phenoxy) is 2. The molecule has 11 heteroatoms. The average Bonchev–Trinajstić information content (AvgIpc) is 3.45. The fraction of sp³-hybridized carbons (Fsp3) is 0.433. The predicted molar refractivity (Wildman–Crippen MR) is 148 cm³/mol. The first-order valence-electron chi connectivity index (χ1n) is 14.2. The summed E-state index contributed by atoms with van der Waals surface area (Å²) in [6.45, 7) is 3.90. The molecule has 0 N–H and O–H groups in total. The van der Waals surface area contributed by atoms with Crippen LogP contribution in [0, 0.1) is 29.1 Å². The lowest BCUT2D eigenvalue weighted by Gasteiger charge is -2.56. The van der Waals surface area contributed by atoms with Gasteiger partial charge in [0.1, 0.15) is 23.3 Å². The lowest BCUT2D eigenvalue weighted by atomic mass is 9.87. The Morgan fingerprint density at radius 1 is 1.15 bits per heavy atom. The van der Waals surface area contributed by atoms with E-state index in [9.17, 15) is 10.1 Å². The Balaban J connectivity index is 0.992. The van der Waals surface area contributed by atoms with Crippen LogP contribution in [0.4, 0.5) is 5.82 Å². The van der Waals surface area contributed by atoms with Crippen molar-refractivity contribution in [3.05, 3.63) is 60.6 Å². The van der Waals surface area contributed by atoms with E-state index in [1.165, 1.54) is 0 Å². The number of aromatic nitrogens is 5. The average molecular weight is 551 g/mol. The summed E-state index contributed by atoms with van der Waals surface area (Å²) in [7, 11) is 1.87. The zero-order valence-electron chi connectivity index (χ0n) is 22.8. The molecule has 11 nitrogen and oxygen atoms in total. The van der Waals surface area contributed by atoms with E-state index in [1.54, 1.807) is 27.8 Å². The van der Waals surface area contributed by atoms with E-state index in [0.717, 1.165) is 67.4 Å². The van der Waals surface area contributed by atoms with Crippen molar-refractivity contribution < 1.29 is 14.3 Å². The summed E-state index contributed by atoms with van der Waals surface area (Å²) in [5.74, 6) is 3.73. The molecule has 2 bridgehead atoms. The highest BCUT2D eigenvalue weighted by atomic mass is 16.5. The highest BCUT2D eigenvalue weighted by Crippen LogP contribution is 2.52. The molecule has 9 rings (SSSR count). The summed E-state index contributed by atoms with van der Waals surface area (Å²) in [4.78, 5) is 26.3. The van der Waals surface area contributed by atoms with Crippen molar-refractivity contribution in [3.63, 3.8) is 0 Å². The van der Waals surface area contributed by atoms with E-state index >= 15 is 0 Å². The number of carbonyl (C=O) groups is 1. The normalized spacial score (nSPS) is 26.0. The summed E-state index contributed by atoms with van der Waals surface area (Å²) in [5, 5.41) is 14.1. The second-order valence-electron chi connectivity index (χ2n) is 11.7. The standard InChI is InChI=1S/C30H30N8O3/c1-35-14-27(33-17-35)30(39)38-20-6-21(38)12-36(11-20)28-3-2-18(9-32-28)24-7-22(13-37-29(24)19(8-31)10-34-37)41-5-4-23-25-15-40-16-26(23)25/h2-3,7,9-10,13-14,17,20-21,23,25-26H,4-6,11-12,15-16H2,1H3. The number of nitrogens with zero attached hydrogens (tertiary/aromatic N) is 8. The second kappa shape index (κ2) is 9.31. The van der Waals surface area contributed by atoms with Crippen molar-refractivity contribution in [2.45, 2.75) is 24.9 Å². The van der Waals surface area contributed by atoms with Gasteiger partial charge in [0.2, 0.25) is 0 Å². The van der Waals surface area contributed by atoms with Gasteiger partial charge < -0.3 is 23.8 Å². The lowest BCUT2D eigenvalue weighted by Crippen LogP contribution is -2.70. The Morgan fingerprint density at radius 3 is 2.68 bits per heavy atom. The first-order valence-corrected chi connectivity index (χ1v) is 14.2. The zero-order valence-corrected chi connectivity index (χ0v) is 22.8. The summed E-state index contributed by atoms with van der Waals surface area (Å²) in [6.07, 6.45) is 10.7. The number of pyridine rings is 2. The number of piperazine rings is 1. The predicted octanol–water partition coefficient (Wildman–Crippen LogP) is 2.77. The fourth-order valence-corrected chi connectivity index (χ4v) is 7.09. The van der Waals surface area contributed by atoms with Crippen LogP contribution in [0.15, 0.2) is 49.3 Å². The van der Waals surface area contributed by atoms with Crippen molar-refractivity contribution in [1.29, 1.82) is 5.26 Å². The van der Waals surface area contributed by atoms with Gasteiger partial charge in [-0.05, 0) is 48.8 Å². The molecule has 4 aromatic heterocycles. The first kappa shape index (κ1) is 24.4. The fourth-order valence-electron chi connectivity index (χ4n) is 7.09. The van der Waals surface area contributed by atoms with Gasteiger partial charge >= 0.3 is 0 Å². The van der Waals surface area contributed by atoms with Gasteiger partial charge in [0.25, 0.3) is 5.91 Å². The highest BCUT2D eigenvalue weighted by molar-refractivity contribution is 5.93. The molecule has 1 amide bonds. The number of nitriles is 1. The molecule has 0 aromatic carbocycles. The number of anilines is 1. The third-order valence-electron chi connectivity index (χ3n) is 9.29. The highest BCUT2D eigenvalue weighted by Gasteiger charge is 2.53. The van der Waals surface area contributed by atoms with Crippen LogP contribution in [0.1, 0.15) is 28.9 Å². The molecule has 4 atom stereocenters. The molecule has 5 aliphatic rings. The molecule has 41 heavy (non-hydrogen) atoms. The van der Waals surface area contributed by atoms with Crippen LogP contribution in [0.25, 0.3) is 16.6 Å². The van der Waals surface area contributed by atoms with Gasteiger partial charge in [-0.3, -0.25) is 4.79 Å². The van der Waals surface area contributed by atoms with Gasteiger partial charge in [0.05, 0.1) is 61.7 Å². The van der Waals surface area contributed by atoms with Crippen LogP contribution in [-0.2, 0) is 11.8 Å². The van der Waals surface area contributed by atoms with Crippen LogP contribution in [0.3, 0.4) is 0 Å². The van der Waals surface area contributed by atoms with E-state index in [4.69, 9.17) is 14.5 Å². The molecule has 4 aromatic rings. The van der Waals surface area contributed by atoms with Crippen LogP contribution in [0.5, 0.6) is 5.75 Å². The maximum Gasteiger partial charge on any atom is 0.274 e. The minimum atomic E-state index is 0.00373. The number of rotatable bonds is 7. The quantitative estimate of drug-likeness (QED) is 0.345. The molecule has 1 saturated carbocycles. The Morgan fingerprint density at radius 2 is 1.98 bits per heavy atom. The smallest absolute Gasteiger partial charge is 0.274 e. The minimum absolute atomic E-state index is 0.00373. The van der Waals surface area contributed by atoms with E-state index in [1.807, 2.05) is 42.5 Å². The number of fused-ring (bicyclic) bond motifs is 4. The second-order valence-corrected chi connectivity index (χ2v) is 11.7. The molecule has 4 unspecified atom stereocenters. The number of carbonyl (C=O) groups excluding carboxylic acids is 1. The van der Waals surface area contributed by atoms with Gasteiger partial charge in [0.15, 0.2) is 0 Å². The maximum atomic E-state index is 13.0. The Kier molecular flexibility index (Phi) is 5.53. The third kappa shape index (κ3) is 4.04. The van der Waals surface area contributed by atoms with E-state index in [0.29, 0.717) is 35.6 Å². The van der Waals surface area contributed by atoms with Crippen molar-refractivity contribution in [2.24, 2.45) is 24.8 Å². The van der Waals surface area contributed by atoms with Gasteiger partial charge in [-0.25, -0.2) is 14.5 Å². The van der Waals surface area contributed by atoms with E-state index in [2.05, 4.69) is 21.1 Å². The minimum Gasteiger partial charge on any atom is -0.492 e. The summed E-state index contributed by atoms with van der Waals surface area (Å²) in [5.41, 5.74) is 3.50. The van der Waals surface area contributed by atoms with E-state index in [-0.39, 0.29) is 18.0 Å². The number of amides is 1. The van der Waals surface area contributed by atoms with Crippen molar-refractivity contribution >= 4 is 17.2 Å². The Bertz CT molecular complexity index is 1670. The SMILES string of the molecule is Cn1cnc(C(=O)N2C3CC2CN(c2ccc(-c4cc(OCCC5C6COCC56)cn5ncc(C#N)c45)cn2)C3)c1.